The minimum absolute atomic E-state index is 0.0457. The normalized spacial score (nSPS) is 18.1. The van der Waals surface area contributed by atoms with Crippen LogP contribution in [-0.4, -0.2) is 68.4 Å². The summed E-state index contributed by atoms with van der Waals surface area (Å²) in [6.45, 7) is 10.9. The summed E-state index contributed by atoms with van der Waals surface area (Å²) in [5, 5.41) is 15.7. The average molecular weight is 445 g/mol. The van der Waals surface area contributed by atoms with E-state index in [1.54, 1.807) is 12.1 Å². The van der Waals surface area contributed by atoms with Gasteiger partial charge in [-0.25, -0.2) is 4.39 Å². The van der Waals surface area contributed by atoms with Crippen LogP contribution in [0.1, 0.15) is 41.7 Å². The van der Waals surface area contributed by atoms with Gasteiger partial charge < -0.3 is 10.0 Å². The number of amides is 1. The molecule has 3 aromatic rings. The van der Waals surface area contributed by atoms with Crippen LogP contribution in [0.5, 0.6) is 0 Å². The van der Waals surface area contributed by atoms with Crippen LogP contribution in [0, 0.1) is 12.7 Å². The molecule has 1 N–H and O–H groups in total. The number of hydrogen-bond donors (Lipinski definition) is 1. The van der Waals surface area contributed by atoms with Gasteiger partial charge in [-0.1, -0.05) is 12.1 Å². The number of β-amino-alcohol motifs (C(OH)–C–C–N with tert-alkyl or cyclic N) is 1. The van der Waals surface area contributed by atoms with Crippen LogP contribution in [-0.2, 0) is 6.54 Å². The maximum atomic E-state index is 13.3. The second-order valence-electron chi connectivity index (χ2n) is 9.09. The zero-order chi connectivity index (χ0) is 22.3. The molecule has 3 heterocycles. The van der Waals surface area contributed by atoms with Crippen LogP contribution in [0.2, 0.25) is 0 Å². The first kappa shape index (κ1) is 21.9. The Morgan fingerprint density at radius 3 is 2.65 bits per heavy atom. The molecule has 0 unspecified atom stereocenters. The summed E-state index contributed by atoms with van der Waals surface area (Å²) in [4.78, 5) is 19.1. The zero-order valence-electron chi connectivity index (χ0n) is 18.4. The molecule has 8 heteroatoms. The van der Waals surface area contributed by atoms with E-state index < -0.39 is 5.60 Å². The fourth-order valence-corrected chi connectivity index (χ4v) is 5.37. The molecule has 0 aliphatic carbocycles. The number of thiophene rings is 1. The number of benzene rings is 1. The van der Waals surface area contributed by atoms with Crippen LogP contribution in [0.3, 0.4) is 0 Å². The number of fused-ring (bicyclic) bond motifs is 1. The monoisotopic (exact) mass is 444 g/mol. The van der Waals surface area contributed by atoms with Crippen molar-refractivity contribution in [2.45, 2.75) is 45.9 Å². The highest BCUT2D eigenvalue weighted by Crippen LogP contribution is 2.30. The molecule has 1 atom stereocenters. The van der Waals surface area contributed by atoms with Gasteiger partial charge in [-0.3, -0.25) is 14.4 Å². The van der Waals surface area contributed by atoms with Crippen LogP contribution >= 0.6 is 11.3 Å². The molecule has 0 bridgehead atoms. The molecule has 2 aromatic heterocycles. The van der Waals surface area contributed by atoms with Gasteiger partial charge in [0, 0.05) is 37.6 Å². The van der Waals surface area contributed by atoms with E-state index in [4.69, 9.17) is 0 Å². The van der Waals surface area contributed by atoms with Crippen molar-refractivity contribution in [3.63, 3.8) is 0 Å². The maximum Gasteiger partial charge on any atom is 0.264 e. The lowest BCUT2D eigenvalue weighted by atomic mass is 10.1. The van der Waals surface area contributed by atoms with Crippen LogP contribution in [0.15, 0.2) is 30.3 Å². The fourth-order valence-electron chi connectivity index (χ4n) is 4.26. The van der Waals surface area contributed by atoms with Crippen molar-refractivity contribution >= 4 is 27.5 Å². The number of aromatic nitrogens is 2. The van der Waals surface area contributed by atoms with E-state index in [9.17, 15) is 14.3 Å². The Bertz CT molecular complexity index is 1080. The number of hydrogen-bond acceptors (Lipinski definition) is 5. The topological polar surface area (TPSA) is 61.6 Å². The van der Waals surface area contributed by atoms with Crippen molar-refractivity contribution in [3.8, 4) is 0 Å². The van der Waals surface area contributed by atoms with Gasteiger partial charge in [0.15, 0.2) is 0 Å². The number of piperazine rings is 1. The number of nitrogens with zero attached hydrogens (tertiary/aromatic N) is 4. The van der Waals surface area contributed by atoms with Gasteiger partial charge >= 0.3 is 0 Å². The van der Waals surface area contributed by atoms with Crippen LogP contribution in [0.4, 0.5) is 4.39 Å². The molecular formula is C23H29FN4O2S. The third-order valence-electron chi connectivity index (χ3n) is 5.65. The second-order valence-corrected chi connectivity index (χ2v) is 10.1. The molecule has 0 saturated carbocycles. The Morgan fingerprint density at radius 1 is 1.29 bits per heavy atom. The highest BCUT2D eigenvalue weighted by atomic mass is 32.1. The largest absolute Gasteiger partial charge is 0.389 e. The molecule has 31 heavy (non-hydrogen) atoms. The summed E-state index contributed by atoms with van der Waals surface area (Å²) < 4.78 is 15.1. The van der Waals surface area contributed by atoms with Gasteiger partial charge in [0.05, 0.1) is 22.7 Å². The molecule has 4 rings (SSSR count). The number of halogens is 1. The molecule has 0 radical (unpaired) electrons. The highest BCUT2D eigenvalue weighted by Gasteiger charge is 2.31. The lowest BCUT2D eigenvalue weighted by Gasteiger charge is -2.41. The standard InChI is InChI=1S/C23H29FN4O2S/c1-15-12-26(14-23(3,4)30)9-10-27(15)21(29)20-11-19-16(2)25-28(22(19)31-20)13-17-5-7-18(24)8-6-17/h5-8,11,15,30H,9-10,12-14H2,1-4H3/t15-/m1/s1. The van der Waals surface area contributed by atoms with Gasteiger partial charge in [-0.05, 0) is 51.5 Å². The summed E-state index contributed by atoms with van der Waals surface area (Å²) >= 11 is 1.46. The molecule has 1 saturated heterocycles. The Morgan fingerprint density at radius 2 is 2.00 bits per heavy atom. The molecule has 1 amide bonds. The molecule has 1 aromatic carbocycles. The summed E-state index contributed by atoms with van der Waals surface area (Å²) in [7, 11) is 0. The number of carbonyl (C=O) groups is 1. The summed E-state index contributed by atoms with van der Waals surface area (Å²) in [6.07, 6.45) is 0. The quantitative estimate of drug-likeness (QED) is 0.654. The van der Waals surface area contributed by atoms with E-state index in [0.29, 0.717) is 24.5 Å². The fraction of sp³-hybridized carbons (Fsp3) is 0.478. The van der Waals surface area contributed by atoms with Crippen molar-refractivity contribution in [1.82, 2.24) is 19.6 Å². The van der Waals surface area contributed by atoms with E-state index in [2.05, 4.69) is 16.9 Å². The summed E-state index contributed by atoms with van der Waals surface area (Å²) in [6, 6.07) is 8.43. The summed E-state index contributed by atoms with van der Waals surface area (Å²) in [5.41, 5.74) is 1.10. The lowest BCUT2D eigenvalue weighted by molar-refractivity contribution is 0.00592. The SMILES string of the molecule is Cc1nn(Cc2ccc(F)cc2)c2sc(C(=O)N3CCN(CC(C)(C)O)C[C@H]3C)cc12. The van der Waals surface area contributed by atoms with Crippen LogP contribution in [0.25, 0.3) is 10.2 Å². The molecule has 1 fully saturated rings. The van der Waals surface area contributed by atoms with E-state index in [1.807, 2.05) is 36.4 Å². The van der Waals surface area contributed by atoms with Gasteiger partial charge in [-0.15, -0.1) is 11.3 Å². The van der Waals surface area contributed by atoms with Crippen molar-refractivity contribution in [2.75, 3.05) is 26.2 Å². The van der Waals surface area contributed by atoms with Crippen molar-refractivity contribution < 1.29 is 14.3 Å². The van der Waals surface area contributed by atoms with Gasteiger partial charge in [0.1, 0.15) is 10.6 Å². The molecule has 1 aliphatic rings. The molecular weight excluding hydrogens is 415 g/mol. The predicted octanol–water partition coefficient (Wildman–Crippen LogP) is 3.51. The van der Waals surface area contributed by atoms with E-state index >= 15 is 0 Å². The van der Waals surface area contributed by atoms with Crippen molar-refractivity contribution in [1.29, 1.82) is 0 Å². The maximum absolute atomic E-state index is 13.3. The number of aliphatic hydroxyl groups is 1. The van der Waals surface area contributed by atoms with Crippen molar-refractivity contribution in [2.24, 2.45) is 0 Å². The molecule has 6 nitrogen and oxygen atoms in total. The average Bonchev–Trinajstić information content (AvgIpc) is 3.23. The van der Waals surface area contributed by atoms with E-state index in [1.165, 1.54) is 23.5 Å². The molecule has 0 spiro atoms. The molecule has 166 valence electrons. The highest BCUT2D eigenvalue weighted by molar-refractivity contribution is 7.20. The third kappa shape index (κ3) is 4.81. The van der Waals surface area contributed by atoms with E-state index in [-0.39, 0.29) is 17.8 Å². The van der Waals surface area contributed by atoms with Crippen molar-refractivity contribution in [3.05, 3.63) is 52.3 Å². The smallest absolute Gasteiger partial charge is 0.264 e. The zero-order valence-corrected chi connectivity index (χ0v) is 19.2. The van der Waals surface area contributed by atoms with Gasteiger partial charge in [-0.2, -0.15) is 5.10 Å². The Hall–Kier alpha value is -2.29. The van der Waals surface area contributed by atoms with E-state index in [0.717, 1.165) is 34.6 Å². The second kappa shape index (κ2) is 8.33. The first-order valence-electron chi connectivity index (χ1n) is 10.6. The number of carbonyl (C=O) groups excluding carboxylic acids is 1. The minimum atomic E-state index is -0.745. The minimum Gasteiger partial charge on any atom is -0.389 e. The number of rotatable bonds is 5. The predicted molar refractivity (Wildman–Crippen MR) is 121 cm³/mol. The van der Waals surface area contributed by atoms with Gasteiger partial charge in [0.25, 0.3) is 5.91 Å². The van der Waals surface area contributed by atoms with Gasteiger partial charge in [0.2, 0.25) is 0 Å². The molecule has 1 aliphatic heterocycles. The Kier molecular flexibility index (Phi) is 5.89. The number of aryl methyl sites for hydroxylation is 1. The first-order valence-corrected chi connectivity index (χ1v) is 11.4. The summed E-state index contributed by atoms with van der Waals surface area (Å²) in [5.74, 6) is -0.212. The lowest BCUT2D eigenvalue weighted by Crippen LogP contribution is -2.56. The van der Waals surface area contributed by atoms with Crippen LogP contribution < -0.4 is 0 Å². The Balaban J connectivity index is 1.52. The third-order valence-corrected chi connectivity index (χ3v) is 6.78. The Labute approximate surface area is 185 Å². The first-order chi connectivity index (χ1) is 14.6.